The van der Waals surface area contributed by atoms with E-state index >= 15 is 0 Å². The van der Waals surface area contributed by atoms with Crippen molar-refractivity contribution >= 4 is 21.6 Å². The van der Waals surface area contributed by atoms with Gasteiger partial charge in [-0.15, -0.1) is 0 Å². The molecule has 2 aromatic carbocycles. The van der Waals surface area contributed by atoms with Gasteiger partial charge >= 0.3 is 0 Å². The Morgan fingerprint density at radius 3 is 2.41 bits per heavy atom. The van der Waals surface area contributed by atoms with Crippen LogP contribution in [0.4, 0.5) is 5.69 Å². The van der Waals surface area contributed by atoms with Crippen molar-refractivity contribution in [2.45, 2.75) is 30.6 Å². The van der Waals surface area contributed by atoms with E-state index in [-0.39, 0.29) is 28.4 Å². The Labute approximate surface area is 171 Å². The summed E-state index contributed by atoms with van der Waals surface area (Å²) in [6, 6.07) is 12.7. The predicted molar refractivity (Wildman–Crippen MR) is 110 cm³/mol. The van der Waals surface area contributed by atoms with Gasteiger partial charge in [0.15, 0.2) is 0 Å². The molecular weight excluding hydrogens is 392 g/mol. The summed E-state index contributed by atoms with van der Waals surface area (Å²) in [7, 11) is -2.04. The minimum atomic E-state index is -3.57. The van der Waals surface area contributed by atoms with E-state index in [9.17, 15) is 18.3 Å². The van der Waals surface area contributed by atoms with Crippen molar-refractivity contribution in [3.05, 3.63) is 48.5 Å². The lowest BCUT2D eigenvalue weighted by Gasteiger charge is -2.27. The van der Waals surface area contributed by atoms with Gasteiger partial charge in [0.25, 0.3) is 0 Å². The van der Waals surface area contributed by atoms with Gasteiger partial charge in [0.1, 0.15) is 11.5 Å². The van der Waals surface area contributed by atoms with Crippen LogP contribution < -0.4 is 14.8 Å². The summed E-state index contributed by atoms with van der Waals surface area (Å²) in [5.41, 5.74) is 0.573. The Hall–Kier alpha value is -2.58. The van der Waals surface area contributed by atoms with Crippen LogP contribution in [0.5, 0.6) is 11.5 Å². The molecule has 1 aliphatic rings. The van der Waals surface area contributed by atoms with Crippen LogP contribution >= 0.6 is 0 Å². The molecule has 0 unspecified atom stereocenters. The number of hydrogen-bond donors (Lipinski definition) is 3. The second kappa shape index (κ2) is 9.28. The van der Waals surface area contributed by atoms with Crippen LogP contribution in [0.3, 0.4) is 0 Å². The number of aromatic hydroxyl groups is 1. The molecule has 0 bridgehead atoms. The first-order chi connectivity index (χ1) is 13.9. The molecular formula is C21H26N2O5S. The average molecular weight is 419 g/mol. The van der Waals surface area contributed by atoms with Crippen molar-refractivity contribution in [3.63, 3.8) is 0 Å². The van der Waals surface area contributed by atoms with Crippen LogP contribution in [0, 0.1) is 11.8 Å². The van der Waals surface area contributed by atoms with Crippen LogP contribution in [0.15, 0.2) is 53.4 Å². The molecule has 1 fully saturated rings. The van der Waals surface area contributed by atoms with Crippen LogP contribution in [0.25, 0.3) is 0 Å². The molecule has 0 saturated heterocycles. The average Bonchev–Trinajstić information content (AvgIpc) is 2.73. The van der Waals surface area contributed by atoms with Crippen molar-refractivity contribution in [1.82, 2.24) is 4.72 Å². The fourth-order valence-electron chi connectivity index (χ4n) is 3.52. The molecule has 0 aliphatic heterocycles. The largest absolute Gasteiger partial charge is 0.508 e. The fourth-order valence-corrected chi connectivity index (χ4v) is 4.64. The lowest BCUT2D eigenvalue weighted by molar-refractivity contribution is -0.121. The molecule has 0 radical (unpaired) electrons. The number of amides is 1. The number of phenolic OH excluding ortho intramolecular Hbond substituents is 1. The zero-order valence-corrected chi connectivity index (χ0v) is 17.1. The minimum Gasteiger partial charge on any atom is -0.508 e. The summed E-state index contributed by atoms with van der Waals surface area (Å²) in [5.74, 6) is 0.745. The van der Waals surface area contributed by atoms with Gasteiger partial charge in [-0.2, -0.15) is 0 Å². The summed E-state index contributed by atoms with van der Waals surface area (Å²) >= 11 is 0. The Kier molecular flexibility index (Phi) is 6.76. The number of carbonyl (C=O) groups is 1. The summed E-state index contributed by atoms with van der Waals surface area (Å²) in [6.07, 6.45) is 2.98. The van der Waals surface area contributed by atoms with E-state index in [1.165, 1.54) is 25.3 Å². The molecule has 3 rings (SSSR count). The molecule has 0 aromatic heterocycles. The van der Waals surface area contributed by atoms with Gasteiger partial charge in [-0.05, 0) is 68.0 Å². The molecule has 3 N–H and O–H groups in total. The third kappa shape index (κ3) is 5.71. The molecule has 2 aromatic rings. The molecule has 0 spiro atoms. The number of phenols is 1. The van der Waals surface area contributed by atoms with Crippen molar-refractivity contribution in [1.29, 1.82) is 0 Å². The van der Waals surface area contributed by atoms with E-state index in [0.29, 0.717) is 30.8 Å². The third-order valence-electron chi connectivity index (χ3n) is 5.26. The zero-order chi connectivity index (χ0) is 20.9. The van der Waals surface area contributed by atoms with Gasteiger partial charge in [-0.3, -0.25) is 4.79 Å². The van der Waals surface area contributed by atoms with Gasteiger partial charge in [0.2, 0.25) is 15.9 Å². The first-order valence-electron chi connectivity index (χ1n) is 9.61. The Bertz CT molecular complexity index is 936. The molecule has 0 atom stereocenters. The van der Waals surface area contributed by atoms with Crippen LogP contribution in [-0.2, 0) is 14.8 Å². The second-order valence-electron chi connectivity index (χ2n) is 7.28. The molecule has 29 heavy (non-hydrogen) atoms. The Morgan fingerprint density at radius 2 is 1.79 bits per heavy atom. The van der Waals surface area contributed by atoms with E-state index in [1.807, 2.05) is 0 Å². The Morgan fingerprint density at radius 1 is 1.10 bits per heavy atom. The fraction of sp³-hybridized carbons (Fsp3) is 0.381. The van der Waals surface area contributed by atoms with Gasteiger partial charge in [0, 0.05) is 24.2 Å². The summed E-state index contributed by atoms with van der Waals surface area (Å²) in [6.45, 7) is 0.356. The highest BCUT2D eigenvalue weighted by atomic mass is 32.2. The highest BCUT2D eigenvalue weighted by Gasteiger charge is 2.27. The lowest BCUT2D eigenvalue weighted by atomic mass is 9.81. The number of ether oxygens (including phenoxy) is 1. The number of anilines is 1. The summed E-state index contributed by atoms with van der Waals surface area (Å²) < 4.78 is 32.6. The van der Waals surface area contributed by atoms with Crippen LogP contribution in [-0.4, -0.2) is 33.1 Å². The number of carbonyl (C=O) groups excluding carboxylic acids is 1. The number of benzene rings is 2. The zero-order valence-electron chi connectivity index (χ0n) is 16.3. The quantitative estimate of drug-likeness (QED) is 0.641. The maximum Gasteiger partial charge on any atom is 0.240 e. The highest BCUT2D eigenvalue weighted by molar-refractivity contribution is 7.89. The smallest absolute Gasteiger partial charge is 0.240 e. The van der Waals surface area contributed by atoms with Crippen LogP contribution in [0.2, 0.25) is 0 Å². The molecule has 1 saturated carbocycles. The van der Waals surface area contributed by atoms with Gasteiger partial charge in [-0.25, -0.2) is 13.1 Å². The van der Waals surface area contributed by atoms with Crippen molar-refractivity contribution in [2.75, 3.05) is 19.0 Å². The number of sulfonamides is 1. The molecule has 0 heterocycles. The minimum absolute atomic E-state index is 0.0622. The molecule has 1 aliphatic carbocycles. The van der Waals surface area contributed by atoms with Crippen LogP contribution in [0.1, 0.15) is 25.7 Å². The third-order valence-corrected chi connectivity index (χ3v) is 6.70. The van der Waals surface area contributed by atoms with Gasteiger partial charge in [-0.1, -0.05) is 6.07 Å². The summed E-state index contributed by atoms with van der Waals surface area (Å²) in [4.78, 5) is 12.6. The molecule has 7 nitrogen and oxygen atoms in total. The number of hydrogen-bond acceptors (Lipinski definition) is 5. The molecule has 8 heteroatoms. The molecule has 156 valence electrons. The second-order valence-corrected chi connectivity index (χ2v) is 9.05. The number of rotatable bonds is 7. The van der Waals surface area contributed by atoms with Crippen molar-refractivity contribution in [3.8, 4) is 11.5 Å². The van der Waals surface area contributed by atoms with E-state index in [4.69, 9.17) is 4.74 Å². The maximum atomic E-state index is 12.4. The van der Waals surface area contributed by atoms with E-state index in [1.54, 1.807) is 30.3 Å². The normalized spacial score (nSPS) is 19.5. The lowest BCUT2D eigenvalue weighted by Crippen LogP contribution is -2.33. The van der Waals surface area contributed by atoms with E-state index < -0.39 is 10.0 Å². The maximum absolute atomic E-state index is 12.4. The first kappa shape index (κ1) is 21.1. The van der Waals surface area contributed by atoms with Crippen molar-refractivity contribution in [2.24, 2.45) is 11.8 Å². The monoisotopic (exact) mass is 418 g/mol. The number of nitrogens with one attached hydrogen (secondary N) is 2. The SMILES string of the molecule is COc1ccc(S(=O)(=O)NCC2CCC(C(=O)Nc3cccc(O)c3)CC2)cc1. The first-order valence-corrected chi connectivity index (χ1v) is 11.1. The topological polar surface area (TPSA) is 105 Å². The number of methoxy groups -OCH3 is 1. The Balaban J connectivity index is 1.47. The van der Waals surface area contributed by atoms with Crippen molar-refractivity contribution < 1.29 is 23.1 Å². The standard InChI is InChI=1S/C21H26N2O5S/c1-28-19-9-11-20(12-10-19)29(26,27)22-14-15-5-7-16(8-6-15)21(25)23-17-3-2-4-18(24)13-17/h2-4,9-13,15-16,22,24H,5-8,14H2,1H3,(H,23,25). The van der Waals surface area contributed by atoms with E-state index in [2.05, 4.69) is 10.0 Å². The van der Waals surface area contributed by atoms with E-state index in [0.717, 1.165) is 12.8 Å². The van der Waals surface area contributed by atoms with Gasteiger partial charge in [0.05, 0.1) is 12.0 Å². The molecule has 1 amide bonds. The summed E-state index contributed by atoms with van der Waals surface area (Å²) in [5, 5.41) is 12.3. The van der Waals surface area contributed by atoms with Gasteiger partial charge < -0.3 is 15.2 Å². The highest BCUT2D eigenvalue weighted by Crippen LogP contribution is 2.30. The predicted octanol–water partition coefficient (Wildman–Crippen LogP) is 3.12.